The van der Waals surface area contributed by atoms with Crippen LogP contribution in [0.15, 0.2) is 54.9 Å². The van der Waals surface area contributed by atoms with Gasteiger partial charge in [0.2, 0.25) is 10.0 Å². The van der Waals surface area contributed by atoms with E-state index in [4.69, 9.17) is 4.74 Å². The summed E-state index contributed by atoms with van der Waals surface area (Å²) in [6.45, 7) is 4.33. The Labute approximate surface area is 197 Å². The third-order valence-electron chi connectivity index (χ3n) is 4.83. The van der Waals surface area contributed by atoms with E-state index in [2.05, 4.69) is 24.1 Å². The van der Waals surface area contributed by atoms with E-state index in [1.54, 1.807) is 42.7 Å². The molecular weight excluding hydrogens is 442 g/mol. The summed E-state index contributed by atoms with van der Waals surface area (Å²) in [7, 11) is -3.69. The van der Waals surface area contributed by atoms with Crippen molar-refractivity contribution in [1.82, 2.24) is 14.6 Å². The first-order valence-corrected chi connectivity index (χ1v) is 12.8. The number of pyridine rings is 1. The number of sulfonamides is 1. The molecule has 1 aromatic heterocycles. The van der Waals surface area contributed by atoms with Gasteiger partial charge in [-0.25, -0.2) is 8.42 Å². The van der Waals surface area contributed by atoms with Crippen molar-refractivity contribution in [2.45, 2.75) is 57.9 Å². The summed E-state index contributed by atoms with van der Waals surface area (Å²) >= 11 is 0. The Balaban J connectivity index is 0.00000137. The average Bonchev–Trinajstić information content (AvgIpc) is 2.83. The van der Waals surface area contributed by atoms with Crippen molar-refractivity contribution in [2.24, 2.45) is 0 Å². The van der Waals surface area contributed by atoms with Crippen LogP contribution >= 0.6 is 0 Å². The van der Waals surface area contributed by atoms with Crippen molar-refractivity contribution in [3.63, 3.8) is 0 Å². The second kappa shape index (κ2) is 13.7. The topological polar surface area (TPSA) is 106 Å². The molecule has 0 bridgehead atoms. The number of rotatable bonds is 8. The summed E-state index contributed by atoms with van der Waals surface area (Å²) < 4.78 is 32.2. The number of esters is 1. The molecule has 2 heterocycles. The maximum absolute atomic E-state index is 12.9. The monoisotopic (exact) mass is 477 g/mol. The molecule has 3 rings (SSSR count). The molecule has 1 aromatic carbocycles. The predicted molar refractivity (Wildman–Crippen MR) is 129 cm³/mol. The van der Waals surface area contributed by atoms with E-state index in [1.165, 1.54) is 10.7 Å². The highest BCUT2D eigenvalue weighted by atomic mass is 32.2. The van der Waals surface area contributed by atoms with Gasteiger partial charge in [-0.15, -0.1) is 0 Å². The second-order valence-electron chi connectivity index (χ2n) is 7.82. The molecule has 8 nitrogen and oxygen atoms in total. The van der Waals surface area contributed by atoms with Crippen molar-refractivity contribution >= 4 is 21.9 Å². The lowest BCUT2D eigenvalue weighted by atomic mass is 10.1. The molecule has 1 amide bonds. The number of nitrogens with one attached hydrogen (secondary N) is 1. The van der Waals surface area contributed by atoms with Crippen LogP contribution in [-0.2, 0) is 36.6 Å². The largest absolute Gasteiger partial charge is 0.454 e. The quantitative estimate of drug-likeness (QED) is 0.585. The Morgan fingerprint density at radius 3 is 2.48 bits per heavy atom. The Hall–Kier alpha value is -2.78. The first-order chi connectivity index (χ1) is 15.9. The van der Waals surface area contributed by atoms with Gasteiger partial charge in [-0.2, -0.15) is 4.31 Å². The molecule has 1 aliphatic heterocycles. The molecule has 33 heavy (non-hydrogen) atoms. The van der Waals surface area contributed by atoms with Gasteiger partial charge in [0, 0.05) is 26.9 Å². The highest BCUT2D eigenvalue weighted by Crippen LogP contribution is 2.24. The third kappa shape index (κ3) is 8.94. The lowest BCUT2D eigenvalue weighted by Crippen LogP contribution is -2.49. The highest BCUT2D eigenvalue weighted by Gasteiger charge is 2.37. The fourth-order valence-electron chi connectivity index (χ4n) is 3.33. The third-order valence-corrected chi connectivity index (χ3v) is 6.68. The van der Waals surface area contributed by atoms with Crippen molar-refractivity contribution < 1.29 is 24.2 Å². The van der Waals surface area contributed by atoms with Crippen LogP contribution in [0.1, 0.15) is 52.1 Å². The van der Waals surface area contributed by atoms with Gasteiger partial charge in [0.1, 0.15) is 6.04 Å². The number of hydrogen-bond acceptors (Lipinski definition) is 6. The zero-order chi connectivity index (χ0) is 24.1. The summed E-state index contributed by atoms with van der Waals surface area (Å²) in [5, 5.41) is 2.64. The first kappa shape index (κ1) is 26.5. The number of piperidine rings is 1. The van der Waals surface area contributed by atoms with E-state index in [0.717, 1.165) is 12.0 Å². The Bertz CT molecular complexity index is 975. The normalized spacial score (nSPS) is 16.2. The van der Waals surface area contributed by atoms with Gasteiger partial charge in [0.15, 0.2) is 6.61 Å². The minimum atomic E-state index is -3.69. The van der Waals surface area contributed by atoms with Gasteiger partial charge in [0.25, 0.3) is 5.91 Å². The molecule has 182 valence electrons. The van der Waals surface area contributed by atoms with Crippen molar-refractivity contribution in [3.05, 3.63) is 66.0 Å². The van der Waals surface area contributed by atoms with Crippen LogP contribution in [0.25, 0.3) is 0 Å². The van der Waals surface area contributed by atoms with Crippen LogP contribution in [-0.4, -0.2) is 48.8 Å². The van der Waals surface area contributed by atoms with Gasteiger partial charge in [-0.1, -0.05) is 56.7 Å². The van der Waals surface area contributed by atoms with Crippen molar-refractivity contribution in [3.8, 4) is 0 Å². The van der Waals surface area contributed by atoms with E-state index in [1.807, 2.05) is 12.1 Å². The second-order valence-corrected chi connectivity index (χ2v) is 9.74. The molecule has 1 aliphatic rings. The number of benzene rings is 1. The zero-order valence-electron chi connectivity index (χ0n) is 19.3. The summed E-state index contributed by atoms with van der Waals surface area (Å²) in [6.07, 6.45) is 6.30. The molecule has 1 atom stereocenters. The van der Waals surface area contributed by atoms with Gasteiger partial charge >= 0.3 is 5.97 Å². The smallest absolute Gasteiger partial charge is 0.324 e. The van der Waals surface area contributed by atoms with Gasteiger partial charge in [0.05, 0.1) is 5.75 Å². The maximum Gasteiger partial charge on any atom is 0.324 e. The molecule has 0 saturated carbocycles. The summed E-state index contributed by atoms with van der Waals surface area (Å²) in [5.41, 5.74) is 1.48. The molecule has 0 unspecified atom stereocenters. The molecule has 0 radical (unpaired) electrons. The molecule has 1 fully saturated rings. The number of carbonyl (C=O) groups is 2. The molecule has 0 aliphatic carbocycles. The fourth-order valence-corrected chi connectivity index (χ4v) is 5.09. The van der Waals surface area contributed by atoms with Crippen LogP contribution in [0, 0.1) is 0 Å². The standard InChI is InChI=1S/C21H25N3O5S.C3H8.H2/c25-20(23-14-18-9-6-11-22-13-18)15-29-21(26)19-10-4-5-12-24(19)30(27,28)16-17-7-2-1-3-8-17;1-3-2;/h1-3,6-9,11,13,19H,4-5,10,12,14-16H2,(H,23,25);3H2,1-2H3;1H/t19-;;/m0../s1. The summed E-state index contributed by atoms with van der Waals surface area (Å²) in [5.74, 6) is -1.33. The SMILES string of the molecule is CCC.O=C(COC(=O)[C@@H]1CCCCN1S(=O)(=O)Cc1ccccc1)NCc1cccnc1.[HH]. The summed E-state index contributed by atoms with van der Waals surface area (Å²) in [6, 6.07) is 11.5. The van der Waals surface area contributed by atoms with Crippen molar-refractivity contribution in [2.75, 3.05) is 13.2 Å². The number of ether oxygens (including phenoxy) is 1. The molecular formula is C24H35N3O5S. The Kier molecular flexibility index (Phi) is 11.0. The van der Waals surface area contributed by atoms with Crippen LogP contribution < -0.4 is 5.32 Å². The van der Waals surface area contributed by atoms with Gasteiger partial charge in [-0.3, -0.25) is 14.6 Å². The molecule has 2 aromatic rings. The minimum Gasteiger partial charge on any atom is -0.454 e. The van der Waals surface area contributed by atoms with E-state index in [0.29, 0.717) is 18.4 Å². The van der Waals surface area contributed by atoms with E-state index < -0.39 is 34.5 Å². The first-order valence-electron chi connectivity index (χ1n) is 11.2. The van der Waals surface area contributed by atoms with Crippen LogP contribution in [0.3, 0.4) is 0 Å². The average molecular weight is 478 g/mol. The molecule has 1 N–H and O–H groups in total. The maximum atomic E-state index is 12.9. The van der Waals surface area contributed by atoms with E-state index in [9.17, 15) is 18.0 Å². The molecule has 1 saturated heterocycles. The summed E-state index contributed by atoms with van der Waals surface area (Å²) in [4.78, 5) is 28.5. The minimum absolute atomic E-state index is 0. The number of carbonyl (C=O) groups excluding carboxylic acids is 2. The van der Waals surface area contributed by atoms with E-state index in [-0.39, 0.29) is 20.3 Å². The van der Waals surface area contributed by atoms with Gasteiger partial charge in [-0.05, 0) is 36.5 Å². The van der Waals surface area contributed by atoms with Crippen LogP contribution in [0.2, 0.25) is 0 Å². The molecule has 0 spiro atoms. The lowest BCUT2D eigenvalue weighted by Gasteiger charge is -2.33. The van der Waals surface area contributed by atoms with E-state index >= 15 is 0 Å². The van der Waals surface area contributed by atoms with Gasteiger partial charge < -0.3 is 10.1 Å². The number of aromatic nitrogens is 1. The molecule has 9 heteroatoms. The zero-order valence-corrected chi connectivity index (χ0v) is 20.1. The fraction of sp³-hybridized carbons (Fsp3) is 0.458. The number of hydrogen-bond donors (Lipinski definition) is 1. The van der Waals surface area contributed by atoms with Crippen LogP contribution in [0.4, 0.5) is 0 Å². The number of nitrogens with zero attached hydrogens (tertiary/aromatic N) is 2. The Morgan fingerprint density at radius 2 is 1.82 bits per heavy atom. The number of amides is 1. The highest BCUT2D eigenvalue weighted by molar-refractivity contribution is 7.88. The van der Waals surface area contributed by atoms with Crippen LogP contribution in [0.5, 0.6) is 0 Å². The lowest BCUT2D eigenvalue weighted by molar-refractivity contribution is -0.153. The Morgan fingerprint density at radius 1 is 1.12 bits per heavy atom. The van der Waals surface area contributed by atoms with Crippen molar-refractivity contribution in [1.29, 1.82) is 0 Å². The predicted octanol–water partition coefficient (Wildman–Crippen LogP) is 3.29.